The fourth-order valence-corrected chi connectivity index (χ4v) is 2.42. The van der Waals surface area contributed by atoms with Gasteiger partial charge in [-0.15, -0.1) is 0 Å². The van der Waals surface area contributed by atoms with E-state index in [2.05, 4.69) is 41.0 Å². The van der Waals surface area contributed by atoms with Crippen molar-refractivity contribution < 1.29 is 0 Å². The molecule has 3 N–H and O–H groups in total. The fraction of sp³-hybridized carbons (Fsp3) is 0.692. The molecule has 1 aliphatic rings. The van der Waals surface area contributed by atoms with Crippen molar-refractivity contribution in [2.75, 3.05) is 22.5 Å². The summed E-state index contributed by atoms with van der Waals surface area (Å²) in [6.45, 7) is 7.41. The van der Waals surface area contributed by atoms with Crippen LogP contribution in [0.1, 0.15) is 40.0 Å². The Morgan fingerprint density at radius 1 is 1.39 bits per heavy atom. The Morgan fingerprint density at radius 3 is 2.83 bits per heavy atom. The van der Waals surface area contributed by atoms with Crippen molar-refractivity contribution in [2.45, 2.75) is 52.1 Å². The second kappa shape index (κ2) is 5.42. The molecule has 0 aromatic carbocycles. The highest BCUT2D eigenvalue weighted by molar-refractivity contribution is 5.75. The van der Waals surface area contributed by atoms with E-state index in [1.165, 1.54) is 19.3 Å². The smallest absolute Gasteiger partial charge is 0.157 e. The maximum Gasteiger partial charge on any atom is 0.157 e. The summed E-state index contributed by atoms with van der Waals surface area (Å²) >= 11 is 0. The molecule has 5 nitrogen and oxygen atoms in total. The third kappa shape index (κ3) is 2.66. The molecule has 5 heteroatoms. The standard InChI is InChI=1S/C13H23N5/c1-9(2)17-12-11(14)13(16-8-15-12)18-7-5-4-6-10(18)3/h8-10H,4-7,14H2,1-3H3,(H,15,16,17). The Bertz CT molecular complexity index is 404. The van der Waals surface area contributed by atoms with E-state index in [0.29, 0.717) is 17.8 Å². The lowest BCUT2D eigenvalue weighted by atomic mass is 10.0. The summed E-state index contributed by atoms with van der Waals surface area (Å²) in [6, 6.07) is 0.816. The number of aromatic nitrogens is 2. The van der Waals surface area contributed by atoms with Crippen molar-refractivity contribution in [1.82, 2.24) is 9.97 Å². The van der Waals surface area contributed by atoms with Gasteiger partial charge in [0.2, 0.25) is 0 Å². The molecule has 1 aliphatic heterocycles. The first-order chi connectivity index (χ1) is 8.59. The minimum absolute atomic E-state index is 0.314. The number of hydrogen-bond donors (Lipinski definition) is 2. The van der Waals surface area contributed by atoms with Crippen molar-refractivity contribution in [1.29, 1.82) is 0 Å². The van der Waals surface area contributed by atoms with Crippen LogP contribution in [-0.4, -0.2) is 28.6 Å². The Kier molecular flexibility index (Phi) is 3.89. The Balaban J connectivity index is 2.27. The van der Waals surface area contributed by atoms with Crippen LogP contribution in [0.3, 0.4) is 0 Å². The molecule has 100 valence electrons. The summed E-state index contributed by atoms with van der Waals surface area (Å²) in [5, 5.41) is 3.26. The monoisotopic (exact) mass is 249 g/mol. The molecule has 1 aromatic rings. The van der Waals surface area contributed by atoms with Crippen LogP contribution in [0.2, 0.25) is 0 Å². The highest BCUT2D eigenvalue weighted by Gasteiger charge is 2.22. The third-order valence-electron chi connectivity index (χ3n) is 3.36. The van der Waals surface area contributed by atoms with Crippen molar-refractivity contribution in [3.63, 3.8) is 0 Å². The number of piperidine rings is 1. The number of anilines is 3. The van der Waals surface area contributed by atoms with Gasteiger partial charge in [0.15, 0.2) is 11.6 Å². The Labute approximate surface area is 109 Å². The molecular formula is C13H23N5. The highest BCUT2D eigenvalue weighted by atomic mass is 15.2. The first-order valence-corrected chi connectivity index (χ1v) is 6.73. The highest BCUT2D eigenvalue weighted by Crippen LogP contribution is 2.30. The molecule has 1 fully saturated rings. The van der Waals surface area contributed by atoms with Gasteiger partial charge in [0.1, 0.15) is 12.0 Å². The topological polar surface area (TPSA) is 67.1 Å². The molecular weight excluding hydrogens is 226 g/mol. The van der Waals surface area contributed by atoms with Crippen LogP contribution in [0.5, 0.6) is 0 Å². The largest absolute Gasteiger partial charge is 0.393 e. The van der Waals surface area contributed by atoms with E-state index in [9.17, 15) is 0 Å². The lowest BCUT2D eigenvalue weighted by Gasteiger charge is -2.35. The Hall–Kier alpha value is -1.52. The lowest BCUT2D eigenvalue weighted by Crippen LogP contribution is -2.38. The van der Waals surface area contributed by atoms with Crippen molar-refractivity contribution in [3.8, 4) is 0 Å². The molecule has 1 unspecified atom stereocenters. The maximum absolute atomic E-state index is 6.20. The van der Waals surface area contributed by atoms with Gasteiger partial charge in [-0.05, 0) is 40.0 Å². The maximum atomic E-state index is 6.20. The summed E-state index contributed by atoms with van der Waals surface area (Å²) in [7, 11) is 0. The molecule has 1 aromatic heterocycles. The molecule has 0 radical (unpaired) electrons. The number of hydrogen-bond acceptors (Lipinski definition) is 5. The molecule has 18 heavy (non-hydrogen) atoms. The van der Waals surface area contributed by atoms with Crippen LogP contribution in [0, 0.1) is 0 Å². The number of nitrogens with one attached hydrogen (secondary N) is 1. The summed E-state index contributed by atoms with van der Waals surface area (Å²) in [6.07, 6.45) is 5.30. The van der Waals surface area contributed by atoms with Gasteiger partial charge in [-0.25, -0.2) is 9.97 Å². The van der Waals surface area contributed by atoms with E-state index < -0.39 is 0 Å². The summed E-state index contributed by atoms with van der Waals surface area (Å²) < 4.78 is 0. The zero-order chi connectivity index (χ0) is 13.1. The average molecular weight is 249 g/mol. The molecule has 0 spiro atoms. The van der Waals surface area contributed by atoms with E-state index in [0.717, 1.165) is 18.2 Å². The van der Waals surface area contributed by atoms with Crippen molar-refractivity contribution in [3.05, 3.63) is 6.33 Å². The second-order valence-corrected chi connectivity index (χ2v) is 5.30. The van der Waals surface area contributed by atoms with Gasteiger partial charge >= 0.3 is 0 Å². The average Bonchev–Trinajstić information content (AvgIpc) is 2.32. The van der Waals surface area contributed by atoms with Crippen LogP contribution < -0.4 is 16.0 Å². The van der Waals surface area contributed by atoms with Crippen LogP contribution in [-0.2, 0) is 0 Å². The fourth-order valence-electron chi connectivity index (χ4n) is 2.42. The minimum Gasteiger partial charge on any atom is -0.393 e. The van der Waals surface area contributed by atoms with E-state index in [-0.39, 0.29) is 0 Å². The van der Waals surface area contributed by atoms with Crippen molar-refractivity contribution >= 4 is 17.3 Å². The van der Waals surface area contributed by atoms with Gasteiger partial charge in [-0.1, -0.05) is 0 Å². The molecule has 0 saturated carbocycles. The van der Waals surface area contributed by atoms with Gasteiger partial charge in [0.25, 0.3) is 0 Å². The van der Waals surface area contributed by atoms with Gasteiger partial charge in [-0.2, -0.15) is 0 Å². The first-order valence-electron chi connectivity index (χ1n) is 6.73. The van der Waals surface area contributed by atoms with Crippen molar-refractivity contribution in [2.24, 2.45) is 0 Å². The molecule has 2 heterocycles. The van der Waals surface area contributed by atoms with Crippen LogP contribution in [0.15, 0.2) is 6.33 Å². The SMILES string of the molecule is CC(C)Nc1ncnc(N2CCCCC2C)c1N. The summed E-state index contributed by atoms with van der Waals surface area (Å²) in [4.78, 5) is 10.9. The van der Waals surface area contributed by atoms with Gasteiger partial charge in [0.05, 0.1) is 0 Å². The molecule has 2 rings (SSSR count). The molecule has 0 aliphatic carbocycles. The second-order valence-electron chi connectivity index (χ2n) is 5.30. The van der Waals surface area contributed by atoms with Crippen LogP contribution in [0.25, 0.3) is 0 Å². The zero-order valence-electron chi connectivity index (χ0n) is 11.5. The normalized spacial score (nSPS) is 20.2. The van der Waals surface area contributed by atoms with E-state index in [4.69, 9.17) is 5.73 Å². The minimum atomic E-state index is 0.314. The number of rotatable bonds is 3. The molecule has 0 bridgehead atoms. The molecule has 1 saturated heterocycles. The van der Waals surface area contributed by atoms with E-state index >= 15 is 0 Å². The number of nitrogens with zero attached hydrogens (tertiary/aromatic N) is 3. The van der Waals surface area contributed by atoms with Gasteiger partial charge < -0.3 is 16.0 Å². The lowest BCUT2D eigenvalue weighted by molar-refractivity contribution is 0.481. The predicted molar refractivity (Wildman–Crippen MR) is 75.9 cm³/mol. The summed E-state index contributed by atoms with van der Waals surface area (Å²) in [5.41, 5.74) is 6.86. The molecule has 1 atom stereocenters. The van der Waals surface area contributed by atoms with Gasteiger partial charge in [-0.3, -0.25) is 0 Å². The summed E-state index contributed by atoms with van der Waals surface area (Å²) in [5.74, 6) is 1.62. The Morgan fingerprint density at radius 2 is 2.17 bits per heavy atom. The van der Waals surface area contributed by atoms with Crippen LogP contribution >= 0.6 is 0 Å². The number of nitrogen functional groups attached to an aromatic ring is 1. The van der Waals surface area contributed by atoms with Gasteiger partial charge in [0, 0.05) is 18.6 Å². The predicted octanol–water partition coefficient (Wildman–Crippen LogP) is 2.26. The molecule has 0 amide bonds. The third-order valence-corrected chi connectivity index (χ3v) is 3.36. The van der Waals surface area contributed by atoms with E-state index in [1.54, 1.807) is 6.33 Å². The number of nitrogens with two attached hydrogens (primary N) is 1. The first kappa shape index (κ1) is 12.9. The van der Waals surface area contributed by atoms with E-state index in [1.807, 2.05) is 0 Å². The zero-order valence-corrected chi connectivity index (χ0v) is 11.5. The van der Waals surface area contributed by atoms with Crippen LogP contribution in [0.4, 0.5) is 17.3 Å². The quantitative estimate of drug-likeness (QED) is 0.860.